The van der Waals surface area contributed by atoms with Crippen molar-refractivity contribution in [2.45, 2.75) is 44.9 Å². The summed E-state index contributed by atoms with van der Waals surface area (Å²) in [6.45, 7) is 0. The Labute approximate surface area is 95.5 Å². The Bertz CT molecular complexity index is 302. The minimum absolute atomic E-state index is 0.354. The van der Waals surface area contributed by atoms with E-state index in [-0.39, 0.29) is 0 Å². The molecule has 1 nitrogen and oxygen atoms in total. The highest BCUT2D eigenvalue weighted by atomic mass is 32.1. The highest BCUT2D eigenvalue weighted by Crippen LogP contribution is 2.24. The molecule has 1 atom stereocenters. The van der Waals surface area contributed by atoms with Crippen LogP contribution in [0.3, 0.4) is 0 Å². The van der Waals surface area contributed by atoms with E-state index in [1.54, 1.807) is 11.3 Å². The number of hydrogen-bond donors (Lipinski definition) is 0. The maximum atomic E-state index is 11.8. The third kappa shape index (κ3) is 3.16. The standard InChI is InChI=1S/C13H18OS/c14-13-5-3-1-2-4-12(13)7-6-11-8-9-15-10-11/h8-10,12H,1-7H2. The molecule has 2 heteroatoms. The summed E-state index contributed by atoms with van der Waals surface area (Å²) in [4.78, 5) is 11.8. The van der Waals surface area contributed by atoms with Crippen molar-refractivity contribution in [2.24, 2.45) is 5.92 Å². The van der Waals surface area contributed by atoms with Gasteiger partial charge in [-0.25, -0.2) is 0 Å². The number of hydrogen-bond acceptors (Lipinski definition) is 2. The van der Waals surface area contributed by atoms with Crippen LogP contribution in [-0.4, -0.2) is 5.78 Å². The van der Waals surface area contributed by atoms with Crippen LogP contribution in [0.1, 0.15) is 44.1 Å². The number of Topliss-reactive ketones (excluding diaryl/α,β-unsaturated/α-hetero) is 1. The van der Waals surface area contributed by atoms with Crippen LogP contribution < -0.4 is 0 Å². The van der Waals surface area contributed by atoms with Crippen molar-refractivity contribution in [3.63, 3.8) is 0 Å². The number of rotatable bonds is 3. The van der Waals surface area contributed by atoms with Crippen LogP contribution in [-0.2, 0) is 11.2 Å². The van der Waals surface area contributed by atoms with Crippen molar-refractivity contribution in [3.8, 4) is 0 Å². The topological polar surface area (TPSA) is 17.1 Å². The third-order valence-electron chi connectivity index (χ3n) is 3.29. The molecule has 1 aromatic rings. The van der Waals surface area contributed by atoms with E-state index in [2.05, 4.69) is 16.8 Å². The first kappa shape index (κ1) is 10.9. The summed E-state index contributed by atoms with van der Waals surface area (Å²) in [7, 11) is 0. The SMILES string of the molecule is O=C1CCCCCC1CCc1ccsc1. The normalized spacial score (nSPS) is 22.7. The van der Waals surface area contributed by atoms with E-state index >= 15 is 0 Å². The molecule has 0 radical (unpaired) electrons. The quantitative estimate of drug-likeness (QED) is 0.710. The molecular formula is C13H18OS. The Morgan fingerprint density at radius 1 is 1.33 bits per heavy atom. The van der Waals surface area contributed by atoms with Gasteiger partial charge in [0.05, 0.1) is 0 Å². The Morgan fingerprint density at radius 3 is 3.07 bits per heavy atom. The van der Waals surface area contributed by atoms with Gasteiger partial charge in [0.15, 0.2) is 0 Å². The lowest BCUT2D eigenvalue weighted by Crippen LogP contribution is -2.13. The van der Waals surface area contributed by atoms with Gasteiger partial charge in [-0.2, -0.15) is 11.3 Å². The fourth-order valence-electron chi connectivity index (χ4n) is 2.31. The van der Waals surface area contributed by atoms with E-state index in [1.807, 2.05) is 0 Å². The first-order valence-electron chi connectivity index (χ1n) is 5.90. The van der Waals surface area contributed by atoms with Gasteiger partial charge in [0.1, 0.15) is 5.78 Å². The summed E-state index contributed by atoms with van der Waals surface area (Å²) in [5.74, 6) is 0.870. The fraction of sp³-hybridized carbons (Fsp3) is 0.615. The van der Waals surface area contributed by atoms with E-state index in [1.165, 1.54) is 18.4 Å². The van der Waals surface area contributed by atoms with Crippen LogP contribution in [0.5, 0.6) is 0 Å². The second kappa shape index (κ2) is 5.45. The maximum absolute atomic E-state index is 11.8. The molecule has 15 heavy (non-hydrogen) atoms. The summed E-state index contributed by atoms with van der Waals surface area (Å²) >= 11 is 1.75. The lowest BCUT2D eigenvalue weighted by molar-refractivity contribution is -0.122. The highest BCUT2D eigenvalue weighted by Gasteiger charge is 2.20. The molecule has 0 N–H and O–H groups in total. The number of ketones is 1. The number of aryl methyl sites for hydroxylation is 1. The Morgan fingerprint density at radius 2 is 2.27 bits per heavy atom. The molecule has 1 aliphatic rings. The van der Waals surface area contributed by atoms with Gasteiger partial charge in [-0.1, -0.05) is 12.8 Å². The summed E-state index contributed by atoms with van der Waals surface area (Å²) in [6.07, 6.45) is 7.72. The van der Waals surface area contributed by atoms with Crippen LogP contribution in [0.25, 0.3) is 0 Å². The molecule has 0 spiro atoms. The van der Waals surface area contributed by atoms with Gasteiger partial charge in [0.2, 0.25) is 0 Å². The van der Waals surface area contributed by atoms with Gasteiger partial charge in [-0.3, -0.25) is 4.79 Å². The average Bonchev–Trinajstić information content (AvgIpc) is 2.67. The van der Waals surface area contributed by atoms with Crippen molar-refractivity contribution in [1.82, 2.24) is 0 Å². The molecular weight excluding hydrogens is 204 g/mol. The first-order valence-corrected chi connectivity index (χ1v) is 6.84. The molecule has 0 aromatic carbocycles. The third-order valence-corrected chi connectivity index (χ3v) is 4.02. The van der Waals surface area contributed by atoms with Crippen molar-refractivity contribution in [2.75, 3.05) is 0 Å². The molecule has 0 saturated heterocycles. The van der Waals surface area contributed by atoms with E-state index in [0.29, 0.717) is 11.7 Å². The van der Waals surface area contributed by atoms with E-state index < -0.39 is 0 Å². The zero-order valence-corrected chi connectivity index (χ0v) is 9.89. The molecule has 1 aliphatic carbocycles. The number of carbonyl (C=O) groups excluding carboxylic acids is 1. The second-order valence-corrected chi connectivity index (χ2v) is 5.21. The summed E-state index contributed by atoms with van der Waals surface area (Å²) in [5, 5.41) is 4.31. The monoisotopic (exact) mass is 222 g/mol. The Balaban J connectivity index is 1.84. The van der Waals surface area contributed by atoms with Crippen LogP contribution >= 0.6 is 11.3 Å². The molecule has 1 unspecified atom stereocenters. The highest BCUT2D eigenvalue weighted by molar-refractivity contribution is 7.07. The predicted molar refractivity (Wildman–Crippen MR) is 64.2 cm³/mol. The molecule has 0 bridgehead atoms. The Kier molecular flexibility index (Phi) is 3.95. The van der Waals surface area contributed by atoms with Gasteiger partial charge < -0.3 is 0 Å². The molecule has 2 rings (SSSR count). The van der Waals surface area contributed by atoms with Gasteiger partial charge in [0.25, 0.3) is 0 Å². The summed E-state index contributed by atoms with van der Waals surface area (Å²) in [5.41, 5.74) is 1.40. The van der Waals surface area contributed by atoms with Gasteiger partial charge in [0, 0.05) is 12.3 Å². The maximum Gasteiger partial charge on any atom is 0.135 e. The average molecular weight is 222 g/mol. The van der Waals surface area contributed by atoms with Gasteiger partial charge in [-0.05, 0) is 48.1 Å². The van der Waals surface area contributed by atoms with Gasteiger partial charge in [-0.15, -0.1) is 0 Å². The number of thiophene rings is 1. The zero-order valence-electron chi connectivity index (χ0n) is 9.08. The van der Waals surface area contributed by atoms with Crippen molar-refractivity contribution in [3.05, 3.63) is 22.4 Å². The van der Waals surface area contributed by atoms with Crippen LogP contribution in [0.15, 0.2) is 16.8 Å². The number of carbonyl (C=O) groups is 1. The minimum atomic E-state index is 0.354. The smallest absolute Gasteiger partial charge is 0.135 e. The van der Waals surface area contributed by atoms with Crippen LogP contribution in [0, 0.1) is 5.92 Å². The Hall–Kier alpha value is -0.630. The first-order chi connectivity index (χ1) is 7.36. The van der Waals surface area contributed by atoms with Crippen molar-refractivity contribution >= 4 is 17.1 Å². The molecule has 1 fully saturated rings. The van der Waals surface area contributed by atoms with Crippen LogP contribution in [0.2, 0.25) is 0 Å². The molecule has 1 saturated carbocycles. The molecule has 0 aliphatic heterocycles. The molecule has 82 valence electrons. The van der Waals surface area contributed by atoms with E-state index in [0.717, 1.165) is 32.1 Å². The lowest BCUT2D eigenvalue weighted by atomic mass is 9.92. The summed E-state index contributed by atoms with van der Waals surface area (Å²) < 4.78 is 0. The lowest BCUT2D eigenvalue weighted by Gasteiger charge is -2.11. The molecule has 1 heterocycles. The van der Waals surface area contributed by atoms with Crippen LogP contribution in [0.4, 0.5) is 0 Å². The van der Waals surface area contributed by atoms with Gasteiger partial charge >= 0.3 is 0 Å². The van der Waals surface area contributed by atoms with Crippen molar-refractivity contribution in [1.29, 1.82) is 0 Å². The summed E-state index contributed by atoms with van der Waals surface area (Å²) in [6, 6.07) is 2.17. The van der Waals surface area contributed by atoms with E-state index in [4.69, 9.17) is 0 Å². The van der Waals surface area contributed by atoms with Crippen molar-refractivity contribution < 1.29 is 4.79 Å². The van der Waals surface area contributed by atoms with E-state index in [9.17, 15) is 4.79 Å². The predicted octanol–water partition coefficient (Wildman–Crippen LogP) is 3.83. The zero-order chi connectivity index (χ0) is 10.5. The molecule has 1 aromatic heterocycles. The second-order valence-electron chi connectivity index (χ2n) is 4.43. The minimum Gasteiger partial charge on any atom is -0.299 e. The largest absolute Gasteiger partial charge is 0.299 e. The fourth-order valence-corrected chi connectivity index (χ4v) is 3.02. The molecule has 0 amide bonds.